The average Bonchev–Trinajstić information content (AvgIpc) is 3.10. The second-order valence-corrected chi connectivity index (χ2v) is 8.33. The number of amides is 3. The van der Waals surface area contributed by atoms with Crippen LogP contribution in [-0.2, 0) is 14.3 Å². The van der Waals surface area contributed by atoms with Gasteiger partial charge < -0.3 is 14.8 Å². The lowest BCUT2D eigenvalue weighted by atomic mass is 10.1. The third-order valence-corrected chi connectivity index (χ3v) is 4.84. The second kappa shape index (κ2) is 9.75. The minimum Gasteiger partial charge on any atom is -0.452 e. The SMILES string of the molecule is CC(C)(C)NC(=O)NC(=O)COC(=O)c1ccccc1SC[C@H]1CCCO1. The number of carbonyl (C=O) groups is 3. The van der Waals surface area contributed by atoms with Gasteiger partial charge in [-0.25, -0.2) is 9.59 Å². The lowest BCUT2D eigenvalue weighted by Gasteiger charge is -2.20. The summed E-state index contributed by atoms with van der Waals surface area (Å²) < 4.78 is 10.7. The molecule has 0 saturated carbocycles. The molecule has 0 radical (unpaired) electrons. The summed E-state index contributed by atoms with van der Waals surface area (Å²) in [6.07, 6.45) is 2.29. The fourth-order valence-corrected chi connectivity index (χ4v) is 3.57. The summed E-state index contributed by atoms with van der Waals surface area (Å²) in [5, 5.41) is 4.73. The Balaban J connectivity index is 1.84. The molecule has 7 nitrogen and oxygen atoms in total. The highest BCUT2D eigenvalue weighted by molar-refractivity contribution is 7.99. The van der Waals surface area contributed by atoms with Crippen molar-refractivity contribution >= 4 is 29.7 Å². The summed E-state index contributed by atoms with van der Waals surface area (Å²) in [7, 11) is 0. The molecule has 0 bridgehead atoms. The van der Waals surface area contributed by atoms with Crippen molar-refractivity contribution in [2.24, 2.45) is 0 Å². The van der Waals surface area contributed by atoms with Crippen LogP contribution in [0.25, 0.3) is 0 Å². The van der Waals surface area contributed by atoms with Crippen molar-refractivity contribution < 1.29 is 23.9 Å². The molecule has 1 aliphatic heterocycles. The fourth-order valence-electron chi connectivity index (χ4n) is 2.46. The molecule has 8 heteroatoms. The Morgan fingerprint density at radius 3 is 2.67 bits per heavy atom. The van der Waals surface area contributed by atoms with Gasteiger partial charge in [0, 0.05) is 22.8 Å². The third-order valence-electron chi connectivity index (χ3n) is 3.63. The van der Waals surface area contributed by atoms with E-state index in [4.69, 9.17) is 9.47 Å². The van der Waals surface area contributed by atoms with E-state index in [0.717, 1.165) is 30.1 Å². The minimum absolute atomic E-state index is 0.200. The quantitative estimate of drug-likeness (QED) is 0.569. The number of urea groups is 1. The van der Waals surface area contributed by atoms with Gasteiger partial charge in [0.1, 0.15) is 0 Å². The lowest BCUT2D eigenvalue weighted by Crippen LogP contribution is -2.49. The van der Waals surface area contributed by atoms with Gasteiger partial charge in [0.15, 0.2) is 6.61 Å². The predicted octanol–water partition coefficient (Wildman–Crippen LogP) is 2.74. The number of hydrogen-bond acceptors (Lipinski definition) is 6. The van der Waals surface area contributed by atoms with Crippen molar-refractivity contribution in [2.75, 3.05) is 19.0 Å². The summed E-state index contributed by atoms with van der Waals surface area (Å²) in [6.45, 7) is 5.64. The van der Waals surface area contributed by atoms with Crippen LogP contribution in [0, 0.1) is 0 Å². The Morgan fingerprint density at radius 1 is 1.26 bits per heavy atom. The van der Waals surface area contributed by atoms with E-state index in [1.807, 2.05) is 12.1 Å². The molecule has 2 N–H and O–H groups in total. The van der Waals surface area contributed by atoms with Crippen LogP contribution in [0.1, 0.15) is 44.0 Å². The Kier molecular flexibility index (Phi) is 7.67. The molecule has 1 saturated heterocycles. The molecule has 0 aliphatic carbocycles. The topological polar surface area (TPSA) is 93.7 Å². The summed E-state index contributed by atoms with van der Waals surface area (Å²) in [5.41, 5.74) is -0.0762. The number of carbonyl (C=O) groups excluding carboxylic acids is 3. The molecule has 1 aromatic rings. The number of nitrogens with one attached hydrogen (secondary N) is 2. The van der Waals surface area contributed by atoms with Crippen molar-refractivity contribution in [1.29, 1.82) is 0 Å². The normalized spacial score (nSPS) is 16.6. The molecule has 1 aromatic carbocycles. The number of hydrogen-bond donors (Lipinski definition) is 2. The van der Waals surface area contributed by atoms with Gasteiger partial charge in [-0.1, -0.05) is 12.1 Å². The predicted molar refractivity (Wildman–Crippen MR) is 103 cm³/mol. The average molecular weight is 394 g/mol. The smallest absolute Gasteiger partial charge is 0.339 e. The first-order valence-electron chi connectivity index (χ1n) is 8.87. The maximum atomic E-state index is 12.3. The van der Waals surface area contributed by atoms with Gasteiger partial charge in [0.05, 0.1) is 11.7 Å². The van der Waals surface area contributed by atoms with Crippen LogP contribution >= 0.6 is 11.8 Å². The number of imide groups is 1. The van der Waals surface area contributed by atoms with E-state index < -0.39 is 30.1 Å². The first-order chi connectivity index (χ1) is 12.7. The van der Waals surface area contributed by atoms with Crippen molar-refractivity contribution in [3.05, 3.63) is 29.8 Å². The van der Waals surface area contributed by atoms with E-state index in [1.54, 1.807) is 32.9 Å². The summed E-state index contributed by atoms with van der Waals surface area (Å²) in [4.78, 5) is 36.6. The number of thioether (sulfide) groups is 1. The van der Waals surface area contributed by atoms with Gasteiger partial charge in [0.25, 0.3) is 5.91 Å². The number of esters is 1. The zero-order valence-electron chi connectivity index (χ0n) is 15.9. The zero-order chi connectivity index (χ0) is 19.9. The van der Waals surface area contributed by atoms with Crippen LogP contribution in [0.2, 0.25) is 0 Å². The van der Waals surface area contributed by atoms with E-state index in [9.17, 15) is 14.4 Å². The molecule has 2 rings (SSSR count). The summed E-state index contributed by atoms with van der Waals surface area (Å²) >= 11 is 1.53. The van der Waals surface area contributed by atoms with E-state index in [2.05, 4.69) is 10.6 Å². The van der Waals surface area contributed by atoms with Crippen LogP contribution in [0.4, 0.5) is 4.79 Å². The third kappa shape index (κ3) is 7.60. The largest absolute Gasteiger partial charge is 0.452 e. The van der Waals surface area contributed by atoms with Crippen LogP contribution in [0.3, 0.4) is 0 Å². The van der Waals surface area contributed by atoms with Gasteiger partial charge in [-0.3, -0.25) is 10.1 Å². The van der Waals surface area contributed by atoms with Gasteiger partial charge in [-0.2, -0.15) is 0 Å². The summed E-state index contributed by atoms with van der Waals surface area (Å²) in [6, 6.07) is 6.45. The van der Waals surface area contributed by atoms with E-state index in [0.29, 0.717) is 5.56 Å². The van der Waals surface area contributed by atoms with Crippen LogP contribution in [0.15, 0.2) is 29.2 Å². The molecule has 1 fully saturated rings. The molecular formula is C19H26N2O5S. The molecule has 0 unspecified atom stereocenters. The van der Waals surface area contributed by atoms with E-state index in [1.165, 1.54) is 11.8 Å². The van der Waals surface area contributed by atoms with Crippen LogP contribution < -0.4 is 10.6 Å². The first kappa shape index (κ1) is 21.2. The monoisotopic (exact) mass is 394 g/mol. The Bertz CT molecular complexity index is 681. The fraction of sp³-hybridized carbons (Fsp3) is 0.526. The minimum atomic E-state index is -0.686. The highest BCUT2D eigenvalue weighted by Gasteiger charge is 2.20. The molecule has 27 heavy (non-hydrogen) atoms. The lowest BCUT2D eigenvalue weighted by molar-refractivity contribution is -0.123. The van der Waals surface area contributed by atoms with Crippen LogP contribution in [-0.4, -0.2) is 48.5 Å². The van der Waals surface area contributed by atoms with Gasteiger partial charge in [-0.15, -0.1) is 11.8 Å². The molecule has 148 valence electrons. The molecule has 0 spiro atoms. The number of benzene rings is 1. The number of rotatable bonds is 6. The maximum Gasteiger partial charge on any atom is 0.339 e. The summed E-state index contributed by atoms with van der Waals surface area (Å²) in [5.74, 6) is -0.524. The molecular weight excluding hydrogens is 368 g/mol. The molecule has 0 aromatic heterocycles. The van der Waals surface area contributed by atoms with Crippen molar-refractivity contribution in [3.8, 4) is 0 Å². The number of ether oxygens (including phenoxy) is 2. The molecule has 1 aliphatic rings. The second-order valence-electron chi connectivity index (χ2n) is 7.27. The maximum absolute atomic E-state index is 12.3. The Morgan fingerprint density at radius 2 is 2.00 bits per heavy atom. The van der Waals surface area contributed by atoms with Crippen LogP contribution in [0.5, 0.6) is 0 Å². The van der Waals surface area contributed by atoms with Crippen molar-refractivity contribution in [1.82, 2.24) is 10.6 Å². The molecule has 3 amide bonds. The standard InChI is InChI=1S/C19H26N2O5S/c1-19(2,3)21-18(24)20-16(22)11-26-17(23)14-8-4-5-9-15(14)27-12-13-7-6-10-25-13/h4-5,8-9,13H,6-7,10-12H2,1-3H3,(H2,20,21,22,24)/t13-/m1/s1. The highest BCUT2D eigenvalue weighted by atomic mass is 32.2. The van der Waals surface area contributed by atoms with Gasteiger partial charge >= 0.3 is 12.0 Å². The van der Waals surface area contributed by atoms with E-state index >= 15 is 0 Å². The Hall–Kier alpha value is -2.06. The van der Waals surface area contributed by atoms with Crippen molar-refractivity contribution in [2.45, 2.75) is 50.2 Å². The first-order valence-corrected chi connectivity index (χ1v) is 9.86. The van der Waals surface area contributed by atoms with Gasteiger partial charge in [-0.05, 0) is 45.7 Å². The highest BCUT2D eigenvalue weighted by Crippen LogP contribution is 2.27. The molecule has 1 heterocycles. The molecule has 1 atom stereocenters. The van der Waals surface area contributed by atoms with E-state index in [-0.39, 0.29) is 6.10 Å². The zero-order valence-corrected chi connectivity index (χ0v) is 16.7. The van der Waals surface area contributed by atoms with Crippen molar-refractivity contribution in [3.63, 3.8) is 0 Å². The van der Waals surface area contributed by atoms with Gasteiger partial charge in [0.2, 0.25) is 0 Å². The Labute approximate surface area is 163 Å².